The summed E-state index contributed by atoms with van der Waals surface area (Å²) in [5.41, 5.74) is -2.36. The van der Waals surface area contributed by atoms with Crippen LogP contribution in [0.3, 0.4) is 0 Å². The molecule has 1 aliphatic heterocycles. The quantitative estimate of drug-likeness (QED) is 0.542. The molecule has 9 heteroatoms. The maximum atomic E-state index is 14.4. The van der Waals surface area contributed by atoms with Crippen LogP contribution >= 0.6 is 11.6 Å². The third-order valence-electron chi connectivity index (χ3n) is 5.39. The zero-order valence-corrected chi connectivity index (χ0v) is 18.5. The Morgan fingerprint density at radius 2 is 1.53 bits per heavy atom. The first-order chi connectivity index (χ1) is 16.2. The predicted octanol–water partition coefficient (Wildman–Crippen LogP) is 4.86. The lowest BCUT2D eigenvalue weighted by Crippen LogP contribution is -2.63. The minimum absolute atomic E-state index is 0.0504. The third-order valence-corrected chi connectivity index (χ3v) is 5.65. The van der Waals surface area contributed by atoms with Crippen LogP contribution in [0.25, 0.3) is 0 Å². The fourth-order valence-electron chi connectivity index (χ4n) is 3.63. The Bertz CT molecular complexity index is 1220. The second-order valence-electron chi connectivity index (χ2n) is 7.66. The normalized spacial score (nSPS) is 18.1. The van der Waals surface area contributed by atoms with Crippen LogP contribution in [-0.2, 0) is 11.2 Å². The summed E-state index contributed by atoms with van der Waals surface area (Å²) < 4.78 is 43.3. The molecule has 34 heavy (non-hydrogen) atoms. The monoisotopic (exact) mass is 485 g/mol. The Balaban J connectivity index is 1.74. The van der Waals surface area contributed by atoms with Crippen LogP contribution in [-0.4, -0.2) is 40.9 Å². The number of benzene rings is 3. The zero-order chi connectivity index (χ0) is 24.3. The molecule has 3 aromatic carbocycles. The maximum Gasteiger partial charge on any atom is 0.442 e. The van der Waals surface area contributed by atoms with E-state index in [9.17, 15) is 22.8 Å². The van der Waals surface area contributed by atoms with Crippen molar-refractivity contribution in [2.45, 2.75) is 18.3 Å². The van der Waals surface area contributed by atoms with Crippen molar-refractivity contribution in [2.24, 2.45) is 4.99 Å². The van der Waals surface area contributed by atoms with Gasteiger partial charge in [-0.05, 0) is 36.2 Å². The van der Waals surface area contributed by atoms with E-state index in [0.29, 0.717) is 17.0 Å². The van der Waals surface area contributed by atoms with Crippen LogP contribution < -0.4 is 5.32 Å². The van der Waals surface area contributed by atoms with Crippen LogP contribution in [0.5, 0.6) is 0 Å². The van der Waals surface area contributed by atoms with E-state index in [1.54, 1.807) is 42.5 Å². The van der Waals surface area contributed by atoms with Gasteiger partial charge in [-0.25, -0.2) is 4.99 Å². The fourth-order valence-corrected chi connectivity index (χ4v) is 3.76. The molecule has 4 rings (SSSR count). The summed E-state index contributed by atoms with van der Waals surface area (Å²) in [6.07, 6.45) is -4.88. The van der Waals surface area contributed by atoms with E-state index in [1.165, 1.54) is 24.3 Å². The molecule has 1 heterocycles. The SMILES string of the molecule is O=C(NC1(C(F)(F)F)N=C(c2ccccc2)N(CCc2ccccc2)C1=O)c1ccc(Cl)cc1. The topological polar surface area (TPSA) is 61.8 Å². The number of rotatable bonds is 6. The number of nitrogens with zero attached hydrogens (tertiary/aromatic N) is 2. The van der Waals surface area contributed by atoms with Gasteiger partial charge in [-0.15, -0.1) is 0 Å². The summed E-state index contributed by atoms with van der Waals surface area (Å²) in [7, 11) is 0. The Labute approximate surface area is 198 Å². The molecule has 174 valence electrons. The summed E-state index contributed by atoms with van der Waals surface area (Å²) >= 11 is 5.81. The summed E-state index contributed by atoms with van der Waals surface area (Å²) in [5.74, 6) is -2.62. The maximum absolute atomic E-state index is 14.4. The van der Waals surface area contributed by atoms with Gasteiger partial charge in [0, 0.05) is 22.7 Å². The molecule has 3 aromatic rings. The van der Waals surface area contributed by atoms with Gasteiger partial charge in [0.1, 0.15) is 5.84 Å². The van der Waals surface area contributed by atoms with Gasteiger partial charge in [-0.1, -0.05) is 72.3 Å². The standard InChI is InChI=1S/C25H19ClF3N3O2/c26-20-13-11-19(12-14-20)22(33)31-24(25(27,28)29)23(34)32(16-15-17-7-3-1-4-8-17)21(30-24)18-9-5-2-6-10-18/h1-14H,15-16H2,(H,31,33). The average molecular weight is 486 g/mol. The van der Waals surface area contributed by atoms with Crippen LogP contribution in [0.4, 0.5) is 13.2 Å². The molecule has 0 fully saturated rings. The minimum atomic E-state index is -5.19. The summed E-state index contributed by atoms with van der Waals surface area (Å²) in [6, 6.07) is 22.5. The molecule has 0 saturated heterocycles. The second kappa shape index (κ2) is 9.30. The number of hydrogen-bond donors (Lipinski definition) is 1. The fraction of sp³-hybridized carbons (Fsp3) is 0.160. The Morgan fingerprint density at radius 1 is 0.941 bits per heavy atom. The average Bonchev–Trinajstić information content (AvgIpc) is 3.12. The van der Waals surface area contributed by atoms with Gasteiger partial charge in [-0.3, -0.25) is 14.5 Å². The van der Waals surface area contributed by atoms with E-state index in [1.807, 2.05) is 23.5 Å². The smallest absolute Gasteiger partial charge is 0.312 e. The highest BCUT2D eigenvalue weighted by Crippen LogP contribution is 2.38. The molecule has 0 bridgehead atoms. The van der Waals surface area contributed by atoms with Gasteiger partial charge in [0.05, 0.1) is 0 Å². The van der Waals surface area contributed by atoms with Crippen molar-refractivity contribution < 1.29 is 22.8 Å². The first kappa shape index (κ1) is 23.5. The molecule has 1 unspecified atom stereocenters. The lowest BCUT2D eigenvalue weighted by molar-refractivity contribution is -0.196. The molecule has 0 radical (unpaired) electrons. The molecule has 0 saturated carbocycles. The van der Waals surface area contributed by atoms with Gasteiger partial charge in [-0.2, -0.15) is 13.2 Å². The van der Waals surface area contributed by atoms with Crippen molar-refractivity contribution in [1.82, 2.24) is 10.2 Å². The van der Waals surface area contributed by atoms with E-state index < -0.39 is 23.7 Å². The summed E-state index contributed by atoms with van der Waals surface area (Å²) in [6.45, 7) is -0.0504. The Morgan fingerprint density at radius 3 is 2.12 bits per heavy atom. The number of alkyl halides is 3. The molecule has 1 atom stereocenters. The van der Waals surface area contributed by atoms with Crippen LogP contribution in [0, 0.1) is 0 Å². The van der Waals surface area contributed by atoms with Crippen molar-refractivity contribution >= 4 is 29.3 Å². The van der Waals surface area contributed by atoms with E-state index in [-0.39, 0.29) is 17.9 Å². The molecule has 1 N–H and O–H groups in total. The molecule has 1 aliphatic rings. The Hall–Kier alpha value is -3.65. The minimum Gasteiger partial charge on any atom is -0.312 e. The van der Waals surface area contributed by atoms with Crippen LogP contribution in [0.15, 0.2) is 89.9 Å². The molecule has 0 aliphatic carbocycles. The molecule has 2 amide bonds. The number of carbonyl (C=O) groups excluding carboxylic acids is 2. The van der Waals surface area contributed by atoms with Crippen LogP contribution in [0.2, 0.25) is 5.02 Å². The van der Waals surface area contributed by atoms with E-state index >= 15 is 0 Å². The lowest BCUT2D eigenvalue weighted by atomic mass is 10.1. The summed E-state index contributed by atoms with van der Waals surface area (Å²) in [5, 5.41) is 2.18. The summed E-state index contributed by atoms with van der Waals surface area (Å²) in [4.78, 5) is 30.9. The zero-order valence-electron chi connectivity index (χ0n) is 17.7. The second-order valence-corrected chi connectivity index (χ2v) is 8.10. The van der Waals surface area contributed by atoms with Gasteiger partial charge in [0.15, 0.2) is 0 Å². The Kier molecular flexibility index (Phi) is 6.43. The van der Waals surface area contributed by atoms with E-state index in [0.717, 1.165) is 10.5 Å². The highest BCUT2D eigenvalue weighted by molar-refractivity contribution is 6.30. The number of amides is 2. The van der Waals surface area contributed by atoms with Gasteiger partial charge >= 0.3 is 11.8 Å². The number of amidine groups is 1. The first-order valence-electron chi connectivity index (χ1n) is 10.4. The highest BCUT2D eigenvalue weighted by Gasteiger charge is 2.67. The largest absolute Gasteiger partial charge is 0.442 e. The van der Waals surface area contributed by atoms with Gasteiger partial charge < -0.3 is 5.32 Å². The highest BCUT2D eigenvalue weighted by atomic mass is 35.5. The third kappa shape index (κ3) is 4.54. The number of nitrogens with one attached hydrogen (secondary N) is 1. The number of carbonyl (C=O) groups is 2. The lowest BCUT2D eigenvalue weighted by Gasteiger charge is -2.29. The van der Waals surface area contributed by atoms with Crippen molar-refractivity contribution in [1.29, 1.82) is 0 Å². The van der Waals surface area contributed by atoms with Crippen molar-refractivity contribution in [3.8, 4) is 0 Å². The molecular weight excluding hydrogens is 467 g/mol. The van der Waals surface area contributed by atoms with Crippen LogP contribution in [0.1, 0.15) is 21.5 Å². The predicted molar refractivity (Wildman–Crippen MR) is 123 cm³/mol. The molecule has 5 nitrogen and oxygen atoms in total. The number of aliphatic imine (C=N–C) groups is 1. The van der Waals surface area contributed by atoms with Crippen molar-refractivity contribution in [3.63, 3.8) is 0 Å². The van der Waals surface area contributed by atoms with Crippen molar-refractivity contribution in [3.05, 3.63) is 107 Å². The molecular formula is C25H19ClF3N3O2. The van der Waals surface area contributed by atoms with E-state index in [2.05, 4.69) is 4.99 Å². The molecule has 0 spiro atoms. The van der Waals surface area contributed by atoms with E-state index in [4.69, 9.17) is 11.6 Å². The van der Waals surface area contributed by atoms with Crippen molar-refractivity contribution in [2.75, 3.05) is 6.54 Å². The first-order valence-corrected chi connectivity index (χ1v) is 10.7. The number of hydrogen-bond acceptors (Lipinski definition) is 3. The van der Waals surface area contributed by atoms with Gasteiger partial charge in [0.2, 0.25) is 0 Å². The van der Waals surface area contributed by atoms with Gasteiger partial charge in [0.25, 0.3) is 11.8 Å². The number of halogens is 4. The molecule has 0 aromatic heterocycles.